The molecule has 1 amide bonds. The molecular formula is C15H11N3O4S2. The summed E-state index contributed by atoms with van der Waals surface area (Å²) in [5.41, 5.74) is 1.46. The number of carbonyl (C=O) groups excluding carboxylic acids is 1. The van der Waals surface area contributed by atoms with Crippen LogP contribution in [0.4, 0.5) is 5.13 Å². The zero-order valence-electron chi connectivity index (χ0n) is 12.4. The van der Waals surface area contributed by atoms with Crippen LogP contribution in [0.5, 0.6) is 0 Å². The van der Waals surface area contributed by atoms with Crippen molar-refractivity contribution >= 4 is 32.2 Å². The Morgan fingerprint density at radius 1 is 1.33 bits per heavy atom. The van der Waals surface area contributed by atoms with Crippen LogP contribution in [0.3, 0.4) is 0 Å². The van der Waals surface area contributed by atoms with Crippen LogP contribution < -0.4 is 5.32 Å². The molecule has 0 saturated carbocycles. The Bertz CT molecular complexity index is 1070. The molecule has 0 saturated heterocycles. The molecule has 1 aromatic carbocycles. The number of hydrogen-bond donors (Lipinski definition) is 1. The quantitative estimate of drug-likeness (QED) is 0.753. The Labute approximate surface area is 141 Å². The number of nitrogens with one attached hydrogen (secondary N) is 1. The molecule has 0 fully saturated rings. The van der Waals surface area contributed by atoms with Gasteiger partial charge in [0.25, 0.3) is 5.91 Å². The van der Waals surface area contributed by atoms with Gasteiger partial charge in [-0.3, -0.25) is 10.1 Å². The molecule has 4 rings (SSSR count). The number of sulfone groups is 1. The van der Waals surface area contributed by atoms with Gasteiger partial charge in [0.05, 0.1) is 16.3 Å². The fourth-order valence-corrected chi connectivity index (χ4v) is 4.86. The molecule has 0 atom stereocenters. The second-order valence-electron chi connectivity index (χ2n) is 5.34. The number of nitrogens with zero attached hydrogens (tertiary/aromatic N) is 2. The third kappa shape index (κ3) is 2.33. The Morgan fingerprint density at radius 3 is 2.88 bits per heavy atom. The highest BCUT2D eigenvalue weighted by atomic mass is 32.2. The van der Waals surface area contributed by atoms with Crippen LogP contribution in [0.15, 0.2) is 39.1 Å². The minimum Gasteiger partial charge on any atom is -0.355 e. The molecule has 0 bridgehead atoms. The zero-order chi connectivity index (χ0) is 16.9. The smallest absolute Gasteiger partial charge is 0.279 e. The Hall–Kier alpha value is -2.52. The van der Waals surface area contributed by atoms with Crippen molar-refractivity contribution in [3.63, 3.8) is 0 Å². The standard InChI is InChI=1S/C15H11N3O4S2/c1-8-6-23-15(16-8)17-14(19)12-10-7-24(20,21)11-5-3-2-4-9(11)13(10)22-18-12/h2-6H,7H2,1H3,(H,16,17,19). The van der Waals surface area contributed by atoms with Crippen LogP contribution in [0.2, 0.25) is 0 Å². The van der Waals surface area contributed by atoms with Crippen LogP contribution in [0.25, 0.3) is 11.3 Å². The second-order valence-corrected chi connectivity index (χ2v) is 8.16. The Balaban J connectivity index is 1.78. The van der Waals surface area contributed by atoms with Gasteiger partial charge in [-0.15, -0.1) is 11.3 Å². The molecule has 1 N–H and O–H groups in total. The number of amides is 1. The van der Waals surface area contributed by atoms with Crippen molar-refractivity contribution in [3.05, 3.63) is 46.6 Å². The first-order chi connectivity index (χ1) is 11.5. The fourth-order valence-electron chi connectivity index (χ4n) is 2.59. The third-order valence-corrected chi connectivity index (χ3v) is 6.21. The van der Waals surface area contributed by atoms with Crippen molar-refractivity contribution < 1.29 is 17.7 Å². The molecule has 3 aromatic rings. The molecule has 1 aliphatic heterocycles. The average Bonchev–Trinajstić information content (AvgIpc) is 3.13. The highest BCUT2D eigenvalue weighted by Crippen LogP contribution is 2.39. The van der Waals surface area contributed by atoms with Gasteiger partial charge in [0.2, 0.25) is 0 Å². The second kappa shape index (κ2) is 5.25. The van der Waals surface area contributed by atoms with Crippen LogP contribution in [0, 0.1) is 6.92 Å². The molecule has 0 unspecified atom stereocenters. The van der Waals surface area contributed by atoms with Gasteiger partial charge in [-0.05, 0) is 19.1 Å². The number of fused-ring (bicyclic) bond motifs is 3. The van der Waals surface area contributed by atoms with Crippen molar-refractivity contribution in [2.24, 2.45) is 0 Å². The van der Waals surface area contributed by atoms with Crippen molar-refractivity contribution in [1.29, 1.82) is 0 Å². The number of rotatable bonds is 2. The molecule has 24 heavy (non-hydrogen) atoms. The summed E-state index contributed by atoms with van der Waals surface area (Å²) >= 11 is 1.28. The van der Waals surface area contributed by atoms with E-state index in [1.54, 1.807) is 23.6 Å². The molecule has 9 heteroatoms. The summed E-state index contributed by atoms with van der Waals surface area (Å²) < 4.78 is 30.2. The van der Waals surface area contributed by atoms with E-state index in [1.807, 2.05) is 6.92 Å². The van der Waals surface area contributed by atoms with Crippen molar-refractivity contribution in [2.45, 2.75) is 17.6 Å². The van der Waals surface area contributed by atoms with E-state index < -0.39 is 15.7 Å². The van der Waals surface area contributed by atoms with Gasteiger partial charge in [0, 0.05) is 16.5 Å². The summed E-state index contributed by atoms with van der Waals surface area (Å²) in [5.74, 6) is -0.535. The monoisotopic (exact) mass is 361 g/mol. The van der Waals surface area contributed by atoms with E-state index in [0.29, 0.717) is 16.5 Å². The van der Waals surface area contributed by atoms with Crippen molar-refractivity contribution in [3.8, 4) is 11.3 Å². The van der Waals surface area contributed by atoms with E-state index in [-0.39, 0.29) is 21.9 Å². The van der Waals surface area contributed by atoms with Gasteiger partial charge >= 0.3 is 0 Å². The van der Waals surface area contributed by atoms with Crippen LogP contribution in [-0.4, -0.2) is 24.5 Å². The van der Waals surface area contributed by atoms with Crippen LogP contribution >= 0.6 is 11.3 Å². The minimum atomic E-state index is -3.54. The van der Waals surface area contributed by atoms with Gasteiger partial charge in [-0.2, -0.15) is 0 Å². The van der Waals surface area contributed by atoms with E-state index in [2.05, 4.69) is 15.5 Å². The number of anilines is 1. The lowest BCUT2D eigenvalue weighted by molar-refractivity contribution is 0.101. The first-order valence-electron chi connectivity index (χ1n) is 7.00. The molecule has 0 radical (unpaired) electrons. The molecule has 122 valence electrons. The maximum absolute atomic E-state index is 12.5. The number of carbonyl (C=O) groups is 1. The van der Waals surface area contributed by atoms with Crippen LogP contribution in [-0.2, 0) is 15.6 Å². The van der Waals surface area contributed by atoms with E-state index in [9.17, 15) is 13.2 Å². The number of aryl methyl sites for hydroxylation is 1. The molecular weight excluding hydrogens is 350 g/mol. The third-order valence-electron chi connectivity index (χ3n) is 3.64. The summed E-state index contributed by atoms with van der Waals surface area (Å²) in [6.07, 6.45) is 0. The first kappa shape index (κ1) is 15.0. The van der Waals surface area contributed by atoms with Gasteiger partial charge < -0.3 is 4.52 Å². The Kier molecular flexibility index (Phi) is 3.29. The molecule has 0 aliphatic carbocycles. The maximum atomic E-state index is 12.5. The van der Waals surface area contributed by atoms with Gasteiger partial charge in [0.1, 0.15) is 0 Å². The van der Waals surface area contributed by atoms with Crippen LogP contribution in [0.1, 0.15) is 21.7 Å². The average molecular weight is 361 g/mol. The van der Waals surface area contributed by atoms with Gasteiger partial charge in [-0.1, -0.05) is 17.3 Å². The topological polar surface area (TPSA) is 102 Å². The molecule has 7 nitrogen and oxygen atoms in total. The number of benzene rings is 1. The van der Waals surface area contributed by atoms with E-state index in [0.717, 1.165) is 5.69 Å². The maximum Gasteiger partial charge on any atom is 0.279 e. The van der Waals surface area contributed by atoms with E-state index in [1.165, 1.54) is 17.4 Å². The molecule has 0 spiro atoms. The lowest BCUT2D eigenvalue weighted by Gasteiger charge is -2.14. The predicted octanol–water partition coefficient (Wildman–Crippen LogP) is 2.65. The lowest BCUT2D eigenvalue weighted by Crippen LogP contribution is -2.18. The van der Waals surface area contributed by atoms with Crippen molar-refractivity contribution in [2.75, 3.05) is 5.32 Å². The van der Waals surface area contributed by atoms with E-state index in [4.69, 9.17) is 4.52 Å². The van der Waals surface area contributed by atoms with E-state index >= 15 is 0 Å². The van der Waals surface area contributed by atoms with Gasteiger partial charge in [0.15, 0.2) is 26.4 Å². The summed E-state index contributed by atoms with van der Waals surface area (Å²) in [4.78, 5) is 16.8. The number of thiazole rings is 1. The van der Waals surface area contributed by atoms with Crippen molar-refractivity contribution in [1.82, 2.24) is 10.1 Å². The minimum absolute atomic E-state index is 0.0315. The summed E-state index contributed by atoms with van der Waals surface area (Å²) in [5, 5.41) is 8.63. The summed E-state index contributed by atoms with van der Waals surface area (Å²) in [6.45, 7) is 1.81. The predicted molar refractivity (Wildman–Crippen MR) is 87.6 cm³/mol. The highest BCUT2D eigenvalue weighted by Gasteiger charge is 2.35. The SMILES string of the molecule is Cc1csc(NC(=O)c2noc3c2CS(=O)(=O)c2ccccc2-3)n1. The summed E-state index contributed by atoms with van der Waals surface area (Å²) in [7, 11) is -3.54. The molecule has 3 heterocycles. The number of hydrogen-bond acceptors (Lipinski definition) is 7. The number of aromatic nitrogens is 2. The normalized spacial score (nSPS) is 14.7. The lowest BCUT2D eigenvalue weighted by atomic mass is 10.1. The largest absolute Gasteiger partial charge is 0.355 e. The summed E-state index contributed by atoms with van der Waals surface area (Å²) in [6, 6.07) is 6.52. The fraction of sp³-hybridized carbons (Fsp3) is 0.133. The highest BCUT2D eigenvalue weighted by molar-refractivity contribution is 7.90. The Morgan fingerprint density at radius 2 is 2.12 bits per heavy atom. The zero-order valence-corrected chi connectivity index (χ0v) is 14.1. The molecule has 2 aromatic heterocycles. The molecule has 1 aliphatic rings. The first-order valence-corrected chi connectivity index (χ1v) is 9.53. The van der Waals surface area contributed by atoms with Gasteiger partial charge in [-0.25, -0.2) is 13.4 Å².